The minimum atomic E-state index is -0.0930. The van der Waals surface area contributed by atoms with E-state index in [1.165, 1.54) is 0 Å². The Kier molecular flexibility index (Phi) is 4.74. The number of benzene rings is 2. The maximum absolute atomic E-state index is 12.4. The van der Waals surface area contributed by atoms with Gasteiger partial charge in [-0.3, -0.25) is 9.36 Å². The number of rotatable bonds is 5. The fraction of sp³-hybridized carbons (Fsp3) is 0.0455. The lowest BCUT2D eigenvalue weighted by atomic mass is 10.2. The smallest absolute Gasteiger partial charge is 0.252 e. The number of nitrogens with one attached hydrogen (secondary N) is 1. The molecule has 2 aromatic heterocycles. The number of allylic oxidation sites excluding steroid dienone is 1. The Morgan fingerprint density at radius 1 is 0.926 bits per heavy atom. The first-order chi connectivity index (χ1) is 13.3. The number of fused-ring (bicyclic) bond motifs is 1. The van der Waals surface area contributed by atoms with Crippen molar-refractivity contribution in [2.75, 3.05) is 5.32 Å². The summed E-state index contributed by atoms with van der Waals surface area (Å²) in [5.41, 5.74) is 2.50. The van der Waals surface area contributed by atoms with Crippen LogP contribution in [0.1, 0.15) is 5.56 Å². The molecule has 132 valence electrons. The van der Waals surface area contributed by atoms with Crippen molar-refractivity contribution in [3.05, 3.63) is 101 Å². The number of aromatic nitrogens is 3. The molecule has 0 aliphatic carbocycles. The molecular formula is C22H18N4O. The van der Waals surface area contributed by atoms with Crippen LogP contribution in [0.25, 0.3) is 17.1 Å². The standard InChI is InChI=1S/C22H18N4O/c27-20-14-13-18-16-23-22(24-19-11-5-2-6-12-19)25-21(18)26(20)15-7-10-17-8-3-1-4-9-17/h1-14,16H,15H2,(H,23,24,25)/b10-7+. The van der Waals surface area contributed by atoms with Crippen molar-refractivity contribution >= 4 is 28.7 Å². The van der Waals surface area contributed by atoms with Gasteiger partial charge in [0.2, 0.25) is 5.95 Å². The molecule has 0 aliphatic rings. The minimum Gasteiger partial charge on any atom is -0.324 e. The second-order valence-corrected chi connectivity index (χ2v) is 6.06. The third kappa shape index (κ3) is 3.93. The van der Waals surface area contributed by atoms with Crippen molar-refractivity contribution in [2.24, 2.45) is 0 Å². The molecule has 0 saturated carbocycles. The van der Waals surface area contributed by atoms with Gasteiger partial charge in [0.25, 0.3) is 5.56 Å². The predicted octanol–water partition coefficient (Wildman–Crippen LogP) is 4.25. The molecule has 0 fully saturated rings. The van der Waals surface area contributed by atoms with E-state index in [0.29, 0.717) is 18.1 Å². The number of hydrogen-bond donors (Lipinski definition) is 1. The van der Waals surface area contributed by atoms with E-state index in [1.54, 1.807) is 22.9 Å². The maximum Gasteiger partial charge on any atom is 0.252 e. The quantitative estimate of drug-likeness (QED) is 0.582. The first-order valence-corrected chi connectivity index (χ1v) is 8.70. The van der Waals surface area contributed by atoms with Crippen molar-refractivity contribution in [2.45, 2.75) is 6.54 Å². The van der Waals surface area contributed by atoms with Crippen molar-refractivity contribution in [1.82, 2.24) is 14.5 Å². The molecule has 5 heteroatoms. The Bertz CT molecular complexity index is 1140. The van der Waals surface area contributed by atoms with Gasteiger partial charge >= 0.3 is 0 Å². The zero-order valence-electron chi connectivity index (χ0n) is 14.6. The van der Waals surface area contributed by atoms with Gasteiger partial charge in [0.1, 0.15) is 5.65 Å². The SMILES string of the molecule is O=c1ccc2cnc(Nc3ccccc3)nc2n1C/C=C/c1ccccc1. The third-order valence-corrected chi connectivity index (χ3v) is 4.15. The largest absolute Gasteiger partial charge is 0.324 e. The Morgan fingerprint density at radius 3 is 2.44 bits per heavy atom. The molecule has 0 aliphatic heterocycles. The summed E-state index contributed by atoms with van der Waals surface area (Å²) >= 11 is 0. The summed E-state index contributed by atoms with van der Waals surface area (Å²) in [4.78, 5) is 21.3. The van der Waals surface area contributed by atoms with E-state index in [0.717, 1.165) is 16.6 Å². The number of para-hydroxylation sites is 1. The van der Waals surface area contributed by atoms with Crippen LogP contribution in [0, 0.1) is 0 Å². The lowest BCUT2D eigenvalue weighted by Gasteiger charge is -2.09. The summed E-state index contributed by atoms with van der Waals surface area (Å²) in [6, 6.07) is 23.0. The summed E-state index contributed by atoms with van der Waals surface area (Å²) in [5, 5.41) is 3.99. The molecule has 0 spiro atoms. The van der Waals surface area contributed by atoms with Crippen LogP contribution < -0.4 is 10.9 Å². The summed E-state index contributed by atoms with van der Waals surface area (Å²) < 4.78 is 1.65. The molecule has 0 unspecified atom stereocenters. The predicted molar refractivity (Wildman–Crippen MR) is 109 cm³/mol. The zero-order chi connectivity index (χ0) is 18.5. The van der Waals surface area contributed by atoms with Gasteiger partial charge in [0.05, 0.1) is 0 Å². The summed E-state index contributed by atoms with van der Waals surface area (Å²) in [7, 11) is 0. The van der Waals surface area contributed by atoms with Crippen LogP contribution in [-0.4, -0.2) is 14.5 Å². The van der Waals surface area contributed by atoms with Crippen molar-refractivity contribution in [3.8, 4) is 0 Å². The number of pyridine rings is 1. The zero-order valence-corrected chi connectivity index (χ0v) is 14.6. The Hall–Kier alpha value is -3.73. The van der Waals surface area contributed by atoms with E-state index in [-0.39, 0.29) is 5.56 Å². The normalized spacial score (nSPS) is 11.1. The highest BCUT2D eigenvalue weighted by Crippen LogP contribution is 2.15. The van der Waals surface area contributed by atoms with E-state index in [2.05, 4.69) is 15.3 Å². The van der Waals surface area contributed by atoms with Crippen LogP contribution >= 0.6 is 0 Å². The molecule has 0 atom stereocenters. The molecule has 4 aromatic rings. The Morgan fingerprint density at radius 2 is 1.67 bits per heavy atom. The number of hydrogen-bond acceptors (Lipinski definition) is 4. The van der Waals surface area contributed by atoms with E-state index >= 15 is 0 Å². The fourth-order valence-electron chi connectivity index (χ4n) is 2.82. The van der Waals surface area contributed by atoms with E-state index in [4.69, 9.17) is 0 Å². The van der Waals surface area contributed by atoms with Crippen molar-refractivity contribution in [3.63, 3.8) is 0 Å². The maximum atomic E-state index is 12.4. The Labute approximate surface area is 156 Å². The molecule has 4 rings (SSSR count). The number of nitrogens with zero attached hydrogens (tertiary/aromatic N) is 3. The molecule has 0 amide bonds. The van der Waals surface area contributed by atoms with Gasteiger partial charge in [0.15, 0.2) is 0 Å². The average molecular weight is 354 g/mol. The van der Waals surface area contributed by atoms with Gasteiger partial charge in [-0.15, -0.1) is 0 Å². The highest BCUT2D eigenvalue weighted by Gasteiger charge is 2.06. The Balaban J connectivity index is 1.66. The van der Waals surface area contributed by atoms with Gasteiger partial charge in [0, 0.05) is 29.9 Å². The van der Waals surface area contributed by atoms with Gasteiger partial charge in [-0.25, -0.2) is 4.98 Å². The lowest BCUT2D eigenvalue weighted by molar-refractivity contribution is 0.805. The van der Waals surface area contributed by atoms with Crippen LogP contribution in [0.3, 0.4) is 0 Å². The topological polar surface area (TPSA) is 59.8 Å². The van der Waals surface area contributed by atoms with Crippen LogP contribution in [0.5, 0.6) is 0 Å². The summed E-state index contributed by atoms with van der Waals surface area (Å²) in [6.45, 7) is 0.437. The molecule has 2 aromatic carbocycles. The highest BCUT2D eigenvalue weighted by atomic mass is 16.1. The second kappa shape index (κ2) is 7.66. The molecular weight excluding hydrogens is 336 g/mol. The first-order valence-electron chi connectivity index (χ1n) is 8.70. The first kappa shape index (κ1) is 16.7. The minimum absolute atomic E-state index is 0.0930. The molecule has 0 radical (unpaired) electrons. The van der Waals surface area contributed by atoms with Crippen molar-refractivity contribution in [1.29, 1.82) is 0 Å². The third-order valence-electron chi connectivity index (χ3n) is 4.15. The van der Waals surface area contributed by atoms with Gasteiger partial charge in [-0.2, -0.15) is 4.98 Å². The van der Waals surface area contributed by atoms with E-state index in [9.17, 15) is 4.79 Å². The second-order valence-electron chi connectivity index (χ2n) is 6.06. The highest BCUT2D eigenvalue weighted by molar-refractivity contribution is 5.75. The van der Waals surface area contributed by atoms with Crippen LogP contribution in [0.15, 0.2) is 89.9 Å². The molecule has 1 N–H and O–H groups in total. The van der Waals surface area contributed by atoms with Crippen LogP contribution in [0.2, 0.25) is 0 Å². The molecule has 0 bridgehead atoms. The van der Waals surface area contributed by atoms with Gasteiger partial charge in [-0.1, -0.05) is 60.7 Å². The summed E-state index contributed by atoms with van der Waals surface area (Å²) in [6.07, 6.45) is 5.68. The van der Waals surface area contributed by atoms with Crippen molar-refractivity contribution < 1.29 is 0 Å². The van der Waals surface area contributed by atoms with Crippen LogP contribution in [-0.2, 0) is 6.54 Å². The number of anilines is 2. The lowest BCUT2D eigenvalue weighted by Crippen LogP contribution is -2.19. The van der Waals surface area contributed by atoms with Gasteiger partial charge in [-0.05, 0) is 23.8 Å². The monoisotopic (exact) mass is 354 g/mol. The van der Waals surface area contributed by atoms with Gasteiger partial charge < -0.3 is 5.32 Å². The molecule has 0 saturated heterocycles. The average Bonchev–Trinajstić information content (AvgIpc) is 2.71. The summed E-state index contributed by atoms with van der Waals surface area (Å²) in [5.74, 6) is 0.458. The van der Waals surface area contributed by atoms with Crippen LogP contribution in [0.4, 0.5) is 11.6 Å². The van der Waals surface area contributed by atoms with E-state index < -0.39 is 0 Å². The molecule has 27 heavy (non-hydrogen) atoms. The fourth-order valence-corrected chi connectivity index (χ4v) is 2.82. The molecule has 5 nitrogen and oxygen atoms in total. The van der Waals surface area contributed by atoms with E-state index in [1.807, 2.05) is 72.8 Å². The molecule has 2 heterocycles.